The lowest BCUT2D eigenvalue weighted by molar-refractivity contribution is -0.269. The summed E-state index contributed by atoms with van der Waals surface area (Å²) in [5.41, 5.74) is 0.806. The first-order valence-electron chi connectivity index (χ1n) is 8.80. The van der Waals surface area contributed by atoms with Gasteiger partial charge in [-0.1, -0.05) is 35.3 Å². The van der Waals surface area contributed by atoms with Crippen molar-refractivity contribution in [2.45, 2.75) is 25.6 Å². The zero-order valence-corrected chi connectivity index (χ0v) is 17.4. The number of alkyl halides is 3. The first kappa shape index (κ1) is 22.3. The van der Waals surface area contributed by atoms with Crippen LogP contribution in [0.4, 0.5) is 23.7 Å². The molecule has 1 aliphatic rings. The molecule has 1 atom stereocenters. The molecule has 1 heterocycles. The number of hydrogen-bond donors (Lipinski definition) is 2. The Morgan fingerprint density at radius 2 is 1.87 bits per heavy atom. The van der Waals surface area contributed by atoms with Crippen molar-refractivity contribution in [1.82, 2.24) is 5.48 Å². The first-order chi connectivity index (χ1) is 14.1. The van der Waals surface area contributed by atoms with Crippen molar-refractivity contribution >= 4 is 40.7 Å². The van der Waals surface area contributed by atoms with Crippen molar-refractivity contribution in [3.05, 3.63) is 69.2 Å². The molecule has 2 aromatic rings. The molecule has 160 valence electrons. The zero-order valence-electron chi connectivity index (χ0n) is 15.9. The average Bonchev–Trinajstić information content (AvgIpc) is 3.10. The van der Waals surface area contributed by atoms with Crippen LogP contribution >= 0.6 is 23.2 Å². The monoisotopic (exact) mass is 460 g/mol. The summed E-state index contributed by atoms with van der Waals surface area (Å²) in [6, 6.07) is 8.40. The van der Waals surface area contributed by atoms with Crippen LogP contribution in [0.25, 0.3) is 5.70 Å². The molecular formula is C20H17Cl2F3N2O3. The van der Waals surface area contributed by atoms with Crippen LogP contribution in [-0.4, -0.2) is 18.9 Å². The Kier molecular flexibility index (Phi) is 6.21. The number of aryl methyl sites for hydroxylation is 1. The van der Waals surface area contributed by atoms with Gasteiger partial charge < -0.3 is 4.74 Å². The Balaban J connectivity index is 2.04. The first-order valence-corrected chi connectivity index (χ1v) is 9.56. The minimum atomic E-state index is -4.81. The number of ether oxygens (including phenoxy) is 1. The minimum Gasteiger partial charge on any atom is -0.450 e. The van der Waals surface area contributed by atoms with E-state index < -0.39 is 17.9 Å². The molecule has 0 fully saturated rings. The maximum Gasteiger partial charge on any atom is 0.428 e. The molecule has 2 N–H and O–H groups in total. The summed E-state index contributed by atoms with van der Waals surface area (Å²) in [4.78, 5) is 16.8. The van der Waals surface area contributed by atoms with E-state index in [2.05, 4.69) is 10.8 Å². The van der Waals surface area contributed by atoms with Gasteiger partial charge in [0, 0.05) is 26.9 Å². The number of carbonyl (C=O) groups is 1. The summed E-state index contributed by atoms with van der Waals surface area (Å²) < 4.78 is 47.1. The van der Waals surface area contributed by atoms with Crippen LogP contribution in [0, 0.1) is 6.92 Å². The molecule has 1 amide bonds. The molecule has 0 saturated carbocycles. The summed E-state index contributed by atoms with van der Waals surface area (Å²) in [5, 5.41) is 2.65. The molecule has 10 heteroatoms. The van der Waals surface area contributed by atoms with Gasteiger partial charge >= 0.3 is 12.3 Å². The van der Waals surface area contributed by atoms with Crippen molar-refractivity contribution in [1.29, 1.82) is 0 Å². The van der Waals surface area contributed by atoms with Gasteiger partial charge in [0.1, 0.15) is 0 Å². The molecule has 30 heavy (non-hydrogen) atoms. The van der Waals surface area contributed by atoms with Gasteiger partial charge in [-0.25, -0.2) is 4.79 Å². The predicted octanol–water partition coefficient (Wildman–Crippen LogP) is 6.20. The van der Waals surface area contributed by atoms with E-state index in [9.17, 15) is 18.0 Å². The molecule has 1 unspecified atom stereocenters. The van der Waals surface area contributed by atoms with E-state index in [1.165, 1.54) is 12.1 Å². The number of carbonyl (C=O) groups excluding carboxylic acids is 1. The largest absolute Gasteiger partial charge is 0.450 e. The van der Waals surface area contributed by atoms with Crippen LogP contribution in [-0.2, 0) is 15.2 Å². The fourth-order valence-electron chi connectivity index (χ4n) is 2.96. The number of benzene rings is 2. The lowest BCUT2D eigenvalue weighted by Gasteiger charge is -2.28. The third-order valence-corrected chi connectivity index (χ3v) is 4.88. The van der Waals surface area contributed by atoms with Gasteiger partial charge in [-0.05, 0) is 49.8 Å². The maximum absolute atomic E-state index is 14.1. The van der Waals surface area contributed by atoms with Gasteiger partial charge in [0.25, 0.3) is 0 Å². The number of hydroxylamine groups is 1. The van der Waals surface area contributed by atoms with Gasteiger partial charge in [0.05, 0.1) is 12.3 Å². The smallest absolute Gasteiger partial charge is 0.428 e. The van der Waals surface area contributed by atoms with E-state index in [-0.39, 0.29) is 27.9 Å². The predicted molar refractivity (Wildman–Crippen MR) is 108 cm³/mol. The Hall–Kier alpha value is -2.42. The van der Waals surface area contributed by atoms with E-state index in [1.807, 2.05) is 0 Å². The van der Waals surface area contributed by atoms with Crippen molar-refractivity contribution in [3.63, 3.8) is 0 Å². The highest BCUT2D eigenvalue weighted by Crippen LogP contribution is 2.48. The third-order valence-electron chi connectivity index (χ3n) is 4.44. The van der Waals surface area contributed by atoms with Gasteiger partial charge in [0.2, 0.25) is 5.60 Å². The molecule has 3 rings (SSSR count). The van der Waals surface area contributed by atoms with Gasteiger partial charge in [-0.2, -0.15) is 13.2 Å². The summed E-state index contributed by atoms with van der Waals surface area (Å²) in [5.74, 6) is 0. The summed E-state index contributed by atoms with van der Waals surface area (Å²) in [6.07, 6.45) is -4.57. The van der Waals surface area contributed by atoms with E-state index in [0.717, 1.165) is 18.2 Å². The second-order valence-corrected chi connectivity index (χ2v) is 7.40. The van der Waals surface area contributed by atoms with Crippen LogP contribution < -0.4 is 10.8 Å². The molecule has 0 spiro atoms. The number of hydrogen-bond acceptors (Lipinski definition) is 4. The molecular weight excluding hydrogens is 444 g/mol. The molecule has 0 bridgehead atoms. The molecule has 0 radical (unpaired) electrons. The molecule has 5 nitrogen and oxygen atoms in total. The fraction of sp³-hybridized carbons (Fsp3) is 0.250. The van der Waals surface area contributed by atoms with Gasteiger partial charge in [0.15, 0.2) is 0 Å². The standard InChI is InChI=1S/C20H17Cl2F3N2O3/c1-3-29-18(28)26-16-6-12(5-4-11(16)2)17-10-19(30-27-17,20(23,24)25)13-7-14(21)9-15(22)8-13/h4-10,27H,3H2,1-2H3,(H,26,28). The highest BCUT2D eigenvalue weighted by Gasteiger charge is 2.59. The van der Waals surface area contributed by atoms with Crippen LogP contribution in [0.2, 0.25) is 10.0 Å². The number of nitrogens with one attached hydrogen (secondary N) is 2. The van der Waals surface area contributed by atoms with E-state index in [0.29, 0.717) is 16.8 Å². The van der Waals surface area contributed by atoms with Gasteiger partial charge in [-0.3, -0.25) is 15.6 Å². The maximum atomic E-state index is 14.1. The number of anilines is 1. The Bertz CT molecular complexity index is 991. The minimum absolute atomic E-state index is 0.0443. The number of amides is 1. The van der Waals surface area contributed by atoms with E-state index in [1.54, 1.807) is 26.0 Å². The summed E-state index contributed by atoms with van der Waals surface area (Å²) >= 11 is 11.8. The highest BCUT2D eigenvalue weighted by molar-refractivity contribution is 6.34. The van der Waals surface area contributed by atoms with Crippen molar-refractivity contribution in [3.8, 4) is 0 Å². The Morgan fingerprint density at radius 3 is 2.47 bits per heavy atom. The number of halogens is 5. The second-order valence-electron chi connectivity index (χ2n) is 6.53. The zero-order chi connectivity index (χ0) is 22.1. The van der Waals surface area contributed by atoms with E-state index in [4.69, 9.17) is 32.8 Å². The van der Waals surface area contributed by atoms with Crippen LogP contribution in [0.15, 0.2) is 42.5 Å². The number of rotatable bonds is 4. The van der Waals surface area contributed by atoms with Crippen LogP contribution in [0.1, 0.15) is 23.6 Å². The van der Waals surface area contributed by atoms with Crippen molar-refractivity contribution in [2.75, 3.05) is 11.9 Å². The summed E-state index contributed by atoms with van der Waals surface area (Å²) in [6.45, 7) is 3.58. The second kappa shape index (κ2) is 8.37. The Labute approximate surface area is 180 Å². The van der Waals surface area contributed by atoms with E-state index >= 15 is 0 Å². The van der Waals surface area contributed by atoms with Crippen LogP contribution in [0.5, 0.6) is 0 Å². The molecule has 0 saturated heterocycles. The highest BCUT2D eigenvalue weighted by atomic mass is 35.5. The molecule has 0 aromatic heterocycles. The lowest BCUT2D eigenvalue weighted by Crippen LogP contribution is -2.42. The molecule has 1 aliphatic heterocycles. The van der Waals surface area contributed by atoms with Gasteiger partial charge in [-0.15, -0.1) is 0 Å². The normalized spacial score (nSPS) is 18.6. The topological polar surface area (TPSA) is 59.6 Å². The molecule has 2 aromatic carbocycles. The SMILES string of the molecule is CCOC(=O)Nc1cc(C2=CC(c3cc(Cl)cc(Cl)c3)(C(F)(F)F)ON2)ccc1C. The lowest BCUT2D eigenvalue weighted by atomic mass is 9.91. The van der Waals surface area contributed by atoms with Crippen LogP contribution in [0.3, 0.4) is 0 Å². The average molecular weight is 461 g/mol. The fourth-order valence-corrected chi connectivity index (χ4v) is 3.48. The van der Waals surface area contributed by atoms with Crippen molar-refractivity contribution in [2.24, 2.45) is 0 Å². The van der Waals surface area contributed by atoms with Crippen molar-refractivity contribution < 1.29 is 27.5 Å². The Morgan fingerprint density at radius 1 is 1.20 bits per heavy atom. The summed E-state index contributed by atoms with van der Waals surface area (Å²) in [7, 11) is 0. The quantitative estimate of drug-likeness (QED) is 0.569. The molecule has 0 aliphatic carbocycles. The third kappa shape index (κ3) is 4.35.